The Labute approximate surface area is 214 Å². The van der Waals surface area contributed by atoms with Gasteiger partial charge in [0.05, 0.1) is 5.69 Å². The van der Waals surface area contributed by atoms with E-state index in [1.807, 2.05) is 91.0 Å². The Kier molecular flexibility index (Phi) is 7.13. The lowest BCUT2D eigenvalue weighted by Gasteiger charge is -2.11. The number of aromatic nitrogens is 3. The van der Waals surface area contributed by atoms with Crippen LogP contribution in [0.4, 0.5) is 5.69 Å². The van der Waals surface area contributed by atoms with Crippen LogP contribution < -0.4 is 5.32 Å². The van der Waals surface area contributed by atoms with E-state index in [1.165, 1.54) is 0 Å². The number of esters is 1. The van der Waals surface area contributed by atoms with Crippen molar-refractivity contribution in [2.24, 2.45) is 0 Å². The lowest BCUT2D eigenvalue weighted by molar-refractivity contribution is -0.119. The second kappa shape index (κ2) is 11.1. The van der Waals surface area contributed by atoms with Gasteiger partial charge in [0.25, 0.3) is 5.91 Å². The predicted molar refractivity (Wildman–Crippen MR) is 141 cm³/mol. The van der Waals surface area contributed by atoms with Crippen LogP contribution in [0.2, 0.25) is 0 Å². The molecule has 1 N–H and O–H groups in total. The molecule has 0 bridgehead atoms. The minimum atomic E-state index is -0.645. The first-order valence-electron chi connectivity index (χ1n) is 11.8. The molecule has 0 saturated heterocycles. The molecular formula is C30H24N4O3. The molecule has 0 radical (unpaired) electrons. The van der Waals surface area contributed by atoms with Gasteiger partial charge in [-0.2, -0.15) is 5.10 Å². The van der Waals surface area contributed by atoms with E-state index in [9.17, 15) is 9.59 Å². The van der Waals surface area contributed by atoms with Gasteiger partial charge in [0, 0.05) is 29.8 Å². The maximum absolute atomic E-state index is 13.1. The summed E-state index contributed by atoms with van der Waals surface area (Å²) in [6, 6.07) is 30.6. The summed E-state index contributed by atoms with van der Waals surface area (Å²) < 4.78 is 7.02. The minimum absolute atomic E-state index is 0.245. The summed E-state index contributed by atoms with van der Waals surface area (Å²) in [6.45, 7) is -0.429. The van der Waals surface area contributed by atoms with E-state index in [0.717, 1.165) is 16.8 Å². The number of benzene rings is 3. The summed E-state index contributed by atoms with van der Waals surface area (Å²) in [7, 11) is 0. The van der Waals surface area contributed by atoms with Crippen molar-refractivity contribution in [1.82, 2.24) is 14.8 Å². The molecule has 182 valence electrons. The SMILES string of the molecule is O=C(COC(=O)c1cn(-c2ccccc2)nc1-c1cccnc1)Nc1ccccc1Cc1ccccc1. The predicted octanol–water partition coefficient (Wildman–Crippen LogP) is 5.32. The number of carbonyl (C=O) groups excluding carboxylic acids is 2. The molecule has 5 aromatic rings. The summed E-state index contributed by atoms with van der Waals surface area (Å²) in [4.78, 5) is 29.9. The Bertz CT molecular complexity index is 1500. The van der Waals surface area contributed by atoms with Gasteiger partial charge in [-0.05, 0) is 47.9 Å². The lowest BCUT2D eigenvalue weighted by Crippen LogP contribution is -2.21. The topological polar surface area (TPSA) is 86.1 Å². The highest BCUT2D eigenvalue weighted by molar-refractivity contribution is 5.99. The fourth-order valence-electron chi connectivity index (χ4n) is 3.96. The quantitative estimate of drug-likeness (QED) is 0.299. The van der Waals surface area contributed by atoms with Crippen LogP contribution >= 0.6 is 0 Å². The molecule has 0 unspecified atom stereocenters. The Balaban J connectivity index is 1.30. The number of ether oxygens (including phenoxy) is 1. The van der Waals surface area contributed by atoms with Crippen molar-refractivity contribution in [2.45, 2.75) is 6.42 Å². The molecule has 0 spiro atoms. The van der Waals surface area contributed by atoms with Crippen molar-refractivity contribution >= 4 is 17.6 Å². The summed E-state index contributed by atoms with van der Waals surface area (Å²) in [5.41, 5.74) is 4.92. The number of anilines is 1. The van der Waals surface area contributed by atoms with Crippen molar-refractivity contribution < 1.29 is 14.3 Å². The number of carbonyl (C=O) groups is 2. The number of pyridine rings is 1. The van der Waals surface area contributed by atoms with Crippen LogP contribution in [0.5, 0.6) is 0 Å². The van der Waals surface area contributed by atoms with Crippen LogP contribution in [0.3, 0.4) is 0 Å². The molecular weight excluding hydrogens is 464 g/mol. The maximum atomic E-state index is 13.1. The molecule has 0 aliphatic heterocycles. The van der Waals surface area contributed by atoms with Crippen LogP contribution in [0.1, 0.15) is 21.5 Å². The fraction of sp³-hybridized carbons (Fsp3) is 0.0667. The fourth-order valence-corrected chi connectivity index (χ4v) is 3.96. The molecule has 0 saturated carbocycles. The molecule has 0 aliphatic rings. The number of nitrogens with zero attached hydrogens (tertiary/aromatic N) is 3. The van der Waals surface area contributed by atoms with Gasteiger partial charge in [-0.15, -0.1) is 0 Å². The molecule has 37 heavy (non-hydrogen) atoms. The van der Waals surface area contributed by atoms with Gasteiger partial charge in [0.2, 0.25) is 0 Å². The number of amides is 1. The van der Waals surface area contributed by atoms with Gasteiger partial charge < -0.3 is 10.1 Å². The summed E-state index contributed by atoms with van der Waals surface area (Å²) in [5.74, 6) is -1.07. The standard InChI is InChI=1S/C30H24N4O3/c35-28(32-27-16-8-7-12-23(27)18-22-10-3-1-4-11-22)21-37-30(36)26-20-34(25-14-5-2-6-15-25)33-29(26)24-13-9-17-31-19-24/h1-17,19-20H,18,21H2,(H,32,35). The first kappa shape index (κ1) is 23.7. The molecule has 3 aromatic carbocycles. The van der Waals surface area contributed by atoms with Gasteiger partial charge in [0.15, 0.2) is 6.61 Å². The van der Waals surface area contributed by atoms with E-state index in [4.69, 9.17) is 4.74 Å². The zero-order valence-electron chi connectivity index (χ0n) is 20.0. The molecule has 0 atom stereocenters. The highest BCUT2D eigenvalue weighted by Crippen LogP contribution is 2.24. The van der Waals surface area contributed by atoms with Crippen LogP contribution in [0.15, 0.2) is 116 Å². The van der Waals surface area contributed by atoms with E-state index >= 15 is 0 Å². The summed E-state index contributed by atoms with van der Waals surface area (Å²) in [6.07, 6.45) is 5.55. The van der Waals surface area contributed by atoms with E-state index < -0.39 is 18.5 Å². The number of para-hydroxylation sites is 2. The summed E-state index contributed by atoms with van der Waals surface area (Å²) >= 11 is 0. The largest absolute Gasteiger partial charge is 0.452 e. The van der Waals surface area contributed by atoms with Crippen molar-refractivity contribution in [3.63, 3.8) is 0 Å². The van der Waals surface area contributed by atoms with Crippen molar-refractivity contribution in [3.05, 3.63) is 132 Å². The third-order valence-electron chi connectivity index (χ3n) is 5.75. The Morgan fingerprint density at radius 2 is 1.57 bits per heavy atom. The minimum Gasteiger partial charge on any atom is -0.452 e. The van der Waals surface area contributed by atoms with E-state index in [0.29, 0.717) is 23.4 Å². The monoisotopic (exact) mass is 488 g/mol. The summed E-state index contributed by atoms with van der Waals surface area (Å²) in [5, 5.41) is 7.46. The van der Waals surface area contributed by atoms with Crippen molar-refractivity contribution in [2.75, 3.05) is 11.9 Å². The highest BCUT2D eigenvalue weighted by Gasteiger charge is 2.21. The normalized spacial score (nSPS) is 10.6. The third kappa shape index (κ3) is 5.79. The number of nitrogens with one attached hydrogen (secondary N) is 1. The molecule has 5 rings (SSSR count). The Morgan fingerprint density at radius 1 is 0.838 bits per heavy atom. The molecule has 2 aromatic heterocycles. The van der Waals surface area contributed by atoms with Crippen molar-refractivity contribution in [1.29, 1.82) is 0 Å². The highest BCUT2D eigenvalue weighted by atomic mass is 16.5. The molecule has 0 fully saturated rings. The first-order valence-corrected chi connectivity index (χ1v) is 11.8. The number of hydrogen-bond acceptors (Lipinski definition) is 5. The van der Waals surface area contributed by atoms with Crippen LogP contribution in [-0.2, 0) is 16.0 Å². The van der Waals surface area contributed by atoms with Gasteiger partial charge >= 0.3 is 5.97 Å². The molecule has 7 nitrogen and oxygen atoms in total. The lowest BCUT2D eigenvalue weighted by atomic mass is 10.0. The first-order chi connectivity index (χ1) is 18.2. The van der Waals surface area contributed by atoms with Gasteiger partial charge in [-0.1, -0.05) is 66.7 Å². The van der Waals surface area contributed by atoms with E-state index in [1.54, 1.807) is 29.3 Å². The second-order valence-corrected chi connectivity index (χ2v) is 8.36. The smallest absolute Gasteiger partial charge is 0.342 e. The molecule has 7 heteroatoms. The maximum Gasteiger partial charge on any atom is 0.342 e. The van der Waals surface area contributed by atoms with Gasteiger partial charge in [-0.3, -0.25) is 9.78 Å². The average molecular weight is 489 g/mol. The van der Waals surface area contributed by atoms with Crippen LogP contribution in [0.25, 0.3) is 16.9 Å². The second-order valence-electron chi connectivity index (χ2n) is 8.36. The third-order valence-corrected chi connectivity index (χ3v) is 5.75. The van der Waals surface area contributed by atoms with Crippen molar-refractivity contribution in [3.8, 4) is 16.9 Å². The molecule has 0 aliphatic carbocycles. The Morgan fingerprint density at radius 3 is 2.32 bits per heavy atom. The molecule has 2 heterocycles. The zero-order valence-corrected chi connectivity index (χ0v) is 20.0. The Hall–Kier alpha value is -5.04. The van der Waals surface area contributed by atoms with Crippen LogP contribution in [-0.4, -0.2) is 33.2 Å². The van der Waals surface area contributed by atoms with Crippen LogP contribution in [0, 0.1) is 0 Å². The number of hydrogen-bond donors (Lipinski definition) is 1. The van der Waals surface area contributed by atoms with E-state index in [-0.39, 0.29) is 5.56 Å². The zero-order chi connectivity index (χ0) is 25.5. The number of rotatable bonds is 8. The average Bonchev–Trinajstić information content (AvgIpc) is 3.40. The van der Waals surface area contributed by atoms with Gasteiger partial charge in [-0.25, -0.2) is 9.48 Å². The molecule has 1 amide bonds. The van der Waals surface area contributed by atoms with Gasteiger partial charge in [0.1, 0.15) is 11.3 Å². The van der Waals surface area contributed by atoms with E-state index in [2.05, 4.69) is 15.4 Å².